The van der Waals surface area contributed by atoms with Crippen LogP contribution in [0.25, 0.3) is 11.3 Å². The molecule has 17 heavy (non-hydrogen) atoms. The van der Waals surface area contributed by atoms with E-state index in [1.807, 2.05) is 6.07 Å². The van der Waals surface area contributed by atoms with Crippen molar-refractivity contribution in [2.75, 3.05) is 5.32 Å². The Bertz CT molecular complexity index is 431. The maximum atomic E-state index is 3.95. The quantitative estimate of drug-likeness (QED) is 0.821. The van der Waals surface area contributed by atoms with Gasteiger partial charge in [-0.25, -0.2) is 0 Å². The minimum Gasteiger partial charge on any atom is -0.383 e. The fraction of sp³-hybridized carbons (Fsp3) is 0.357. The summed E-state index contributed by atoms with van der Waals surface area (Å²) < 4.78 is 0. The number of aromatic amines is 1. The van der Waals surface area contributed by atoms with Gasteiger partial charge in [0.1, 0.15) is 0 Å². The third-order valence-corrected chi connectivity index (χ3v) is 2.83. The first kappa shape index (κ1) is 11.7. The Morgan fingerprint density at radius 3 is 2.59 bits per heavy atom. The van der Waals surface area contributed by atoms with Gasteiger partial charge in [0.2, 0.25) is 0 Å². The molecule has 2 N–H and O–H groups in total. The molecule has 0 fully saturated rings. The fourth-order valence-corrected chi connectivity index (χ4v) is 1.95. The van der Waals surface area contributed by atoms with Crippen molar-refractivity contribution in [1.82, 2.24) is 10.2 Å². The zero-order valence-corrected chi connectivity index (χ0v) is 10.4. The number of H-pyrrole nitrogens is 1. The van der Waals surface area contributed by atoms with Crippen molar-refractivity contribution in [3.8, 4) is 11.3 Å². The fourth-order valence-electron chi connectivity index (χ4n) is 1.95. The number of nitrogens with zero attached hydrogens (tertiary/aromatic N) is 1. The molecule has 1 aromatic carbocycles. The third-order valence-electron chi connectivity index (χ3n) is 2.83. The summed E-state index contributed by atoms with van der Waals surface area (Å²) in [5.74, 6) is 0. The summed E-state index contributed by atoms with van der Waals surface area (Å²) in [6.07, 6.45) is 4.17. The molecule has 0 saturated carbocycles. The maximum absolute atomic E-state index is 3.95. The molecule has 0 bridgehead atoms. The summed E-state index contributed by atoms with van der Waals surface area (Å²) >= 11 is 0. The molecule has 3 nitrogen and oxygen atoms in total. The molecule has 1 unspecified atom stereocenters. The second-order valence-corrected chi connectivity index (χ2v) is 4.38. The smallest absolute Gasteiger partial charge is 0.0650 e. The Morgan fingerprint density at radius 2 is 2.00 bits per heavy atom. The first-order valence-corrected chi connectivity index (χ1v) is 6.16. The first-order chi connectivity index (χ1) is 8.29. The van der Waals surface area contributed by atoms with Crippen molar-refractivity contribution in [3.05, 3.63) is 36.5 Å². The highest BCUT2D eigenvalue weighted by Gasteiger charge is 2.02. The predicted octanol–water partition coefficient (Wildman–Crippen LogP) is 3.68. The van der Waals surface area contributed by atoms with Crippen LogP contribution in [0, 0.1) is 0 Å². The van der Waals surface area contributed by atoms with E-state index in [0.717, 1.165) is 11.3 Å². The summed E-state index contributed by atoms with van der Waals surface area (Å²) in [4.78, 5) is 0. The Hall–Kier alpha value is -1.77. The molecule has 3 heteroatoms. The molecule has 1 heterocycles. The van der Waals surface area contributed by atoms with Gasteiger partial charge in [-0.1, -0.05) is 25.5 Å². The summed E-state index contributed by atoms with van der Waals surface area (Å²) in [5, 5.41) is 10.4. The van der Waals surface area contributed by atoms with Crippen LogP contribution in [0.3, 0.4) is 0 Å². The summed E-state index contributed by atoms with van der Waals surface area (Å²) in [5.41, 5.74) is 3.39. The summed E-state index contributed by atoms with van der Waals surface area (Å²) in [7, 11) is 0. The lowest BCUT2D eigenvalue weighted by Crippen LogP contribution is -2.14. The molecule has 90 valence electrons. The summed E-state index contributed by atoms with van der Waals surface area (Å²) in [6.45, 7) is 4.42. The Labute approximate surface area is 102 Å². The normalized spacial score (nSPS) is 12.4. The maximum Gasteiger partial charge on any atom is 0.0650 e. The van der Waals surface area contributed by atoms with Gasteiger partial charge in [0.15, 0.2) is 0 Å². The molecule has 0 aliphatic heterocycles. The third kappa shape index (κ3) is 3.09. The second kappa shape index (κ2) is 5.53. The van der Waals surface area contributed by atoms with Crippen LogP contribution < -0.4 is 5.32 Å². The van der Waals surface area contributed by atoms with E-state index in [1.54, 1.807) is 6.20 Å². The Morgan fingerprint density at radius 1 is 1.24 bits per heavy atom. The van der Waals surface area contributed by atoms with Gasteiger partial charge in [0.05, 0.1) is 5.69 Å². The van der Waals surface area contributed by atoms with Crippen molar-refractivity contribution in [2.45, 2.75) is 32.7 Å². The average molecular weight is 229 g/mol. The van der Waals surface area contributed by atoms with E-state index in [-0.39, 0.29) is 0 Å². The lowest BCUT2D eigenvalue weighted by atomic mass is 10.1. The number of benzene rings is 1. The van der Waals surface area contributed by atoms with Crippen LogP contribution in [-0.4, -0.2) is 16.2 Å². The molecule has 0 aliphatic carbocycles. The Balaban J connectivity index is 2.03. The highest BCUT2D eigenvalue weighted by atomic mass is 15.1. The second-order valence-electron chi connectivity index (χ2n) is 4.38. The number of rotatable bonds is 5. The van der Waals surface area contributed by atoms with Gasteiger partial charge >= 0.3 is 0 Å². The van der Waals surface area contributed by atoms with Gasteiger partial charge in [-0.05, 0) is 37.1 Å². The van der Waals surface area contributed by atoms with E-state index in [0.29, 0.717) is 6.04 Å². The van der Waals surface area contributed by atoms with Gasteiger partial charge in [-0.15, -0.1) is 0 Å². The molecule has 0 aliphatic rings. The van der Waals surface area contributed by atoms with Crippen LogP contribution in [0.2, 0.25) is 0 Å². The minimum absolute atomic E-state index is 0.526. The zero-order valence-electron chi connectivity index (χ0n) is 10.4. The van der Waals surface area contributed by atoms with Crippen LogP contribution in [0.15, 0.2) is 36.5 Å². The van der Waals surface area contributed by atoms with Crippen LogP contribution in [0.5, 0.6) is 0 Å². The average Bonchev–Trinajstić information content (AvgIpc) is 2.84. The highest BCUT2D eigenvalue weighted by Crippen LogP contribution is 2.19. The van der Waals surface area contributed by atoms with Crippen LogP contribution in [0.4, 0.5) is 5.69 Å². The van der Waals surface area contributed by atoms with E-state index in [9.17, 15) is 0 Å². The summed E-state index contributed by atoms with van der Waals surface area (Å²) in [6, 6.07) is 10.9. The molecular weight excluding hydrogens is 210 g/mol. The Kier molecular flexibility index (Phi) is 3.81. The van der Waals surface area contributed by atoms with Gasteiger partial charge in [0.25, 0.3) is 0 Å². The number of nitrogens with one attached hydrogen (secondary N) is 2. The largest absolute Gasteiger partial charge is 0.383 e. The van der Waals surface area contributed by atoms with Crippen LogP contribution in [0.1, 0.15) is 26.7 Å². The van der Waals surface area contributed by atoms with E-state index in [2.05, 4.69) is 53.6 Å². The van der Waals surface area contributed by atoms with E-state index in [1.165, 1.54) is 18.5 Å². The van der Waals surface area contributed by atoms with Crippen molar-refractivity contribution in [1.29, 1.82) is 0 Å². The van der Waals surface area contributed by atoms with Crippen molar-refractivity contribution >= 4 is 5.69 Å². The van der Waals surface area contributed by atoms with Gasteiger partial charge in [-0.2, -0.15) is 5.10 Å². The molecule has 0 radical (unpaired) electrons. The standard InChI is InChI=1S/C14H19N3/c1-3-4-11(2)16-13-7-5-12(6-8-13)14-9-10-15-17-14/h5-11,16H,3-4H2,1-2H3,(H,15,17). The highest BCUT2D eigenvalue weighted by molar-refractivity contribution is 5.62. The van der Waals surface area contributed by atoms with Gasteiger partial charge < -0.3 is 5.32 Å². The molecule has 2 rings (SSSR count). The molecule has 1 atom stereocenters. The molecule has 0 spiro atoms. The van der Waals surface area contributed by atoms with Crippen LogP contribution >= 0.6 is 0 Å². The lowest BCUT2D eigenvalue weighted by molar-refractivity contribution is 0.690. The van der Waals surface area contributed by atoms with Crippen molar-refractivity contribution in [2.24, 2.45) is 0 Å². The first-order valence-electron chi connectivity index (χ1n) is 6.16. The molecule has 0 amide bonds. The molecule has 0 saturated heterocycles. The number of anilines is 1. The van der Waals surface area contributed by atoms with Crippen LogP contribution in [-0.2, 0) is 0 Å². The van der Waals surface area contributed by atoms with E-state index < -0.39 is 0 Å². The van der Waals surface area contributed by atoms with E-state index in [4.69, 9.17) is 0 Å². The minimum atomic E-state index is 0.526. The molecule has 1 aromatic heterocycles. The lowest BCUT2D eigenvalue weighted by Gasteiger charge is -2.14. The number of hydrogen-bond acceptors (Lipinski definition) is 2. The van der Waals surface area contributed by atoms with Crippen molar-refractivity contribution < 1.29 is 0 Å². The topological polar surface area (TPSA) is 40.7 Å². The monoisotopic (exact) mass is 229 g/mol. The molecule has 2 aromatic rings. The zero-order chi connectivity index (χ0) is 12.1. The number of aromatic nitrogens is 2. The van der Waals surface area contributed by atoms with Crippen molar-refractivity contribution in [3.63, 3.8) is 0 Å². The number of hydrogen-bond donors (Lipinski definition) is 2. The van der Waals surface area contributed by atoms with Gasteiger partial charge in [-0.3, -0.25) is 5.10 Å². The SMILES string of the molecule is CCCC(C)Nc1ccc(-c2ccn[nH]2)cc1. The van der Waals surface area contributed by atoms with E-state index >= 15 is 0 Å². The predicted molar refractivity (Wildman–Crippen MR) is 72.0 cm³/mol. The molecular formula is C14H19N3. The van der Waals surface area contributed by atoms with Gasteiger partial charge in [0, 0.05) is 17.9 Å².